The van der Waals surface area contributed by atoms with E-state index < -0.39 is 5.97 Å². The van der Waals surface area contributed by atoms with Crippen molar-refractivity contribution in [2.45, 2.75) is 12.8 Å². The fraction of sp³-hybridized carbons (Fsp3) is 0.385. The van der Waals surface area contributed by atoms with E-state index >= 15 is 0 Å². The molecule has 0 bridgehead atoms. The smallest absolute Gasteiger partial charge is 0.308 e. The first-order valence-electron chi connectivity index (χ1n) is 6.75. The number of aliphatic carboxylic acids is 1. The van der Waals surface area contributed by atoms with Crippen molar-refractivity contribution in [2.24, 2.45) is 5.92 Å². The molecule has 3 heterocycles. The summed E-state index contributed by atoms with van der Waals surface area (Å²) in [5.41, 5.74) is 6.56. The molecule has 1 saturated heterocycles. The van der Waals surface area contributed by atoms with Gasteiger partial charge >= 0.3 is 5.97 Å². The van der Waals surface area contributed by atoms with Crippen molar-refractivity contribution in [1.82, 2.24) is 19.7 Å². The Balaban J connectivity index is 1.92. The zero-order chi connectivity index (χ0) is 14.8. The molecular weight excluding hydrogens is 272 g/mol. The first-order valence-corrected chi connectivity index (χ1v) is 6.75. The normalized spacial score (nSPS) is 18.7. The van der Waals surface area contributed by atoms with Crippen molar-refractivity contribution >= 4 is 17.5 Å². The van der Waals surface area contributed by atoms with Crippen LogP contribution in [0.1, 0.15) is 12.8 Å². The van der Waals surface area contributed by atoms with E-state index in [1.54, 1.807) is 23.1 Å². The minimum absolute atomic E-state index is 0.388. The summed E-state index contributed by atoms with van der Waals surface area (Å²) in [6, 6.07) is 1.78. The summed E-state index contributed by atoms with van der Waals surface area (Å²) in [5.74, 6) is -0.0928. The van der Waals surface area contributed by atoms with Crippen LogP contribution in [0.2, 0.25) is 0 Å². The Morgan fingerprint density at radius 1 is 1.38 bits per heavy atom. The molecule has 0 radical (unpaired) electrons. The second kappa shape index (κ2) is 5.39. The number of hydrogen-bond acceptors (Lipinski definition) is 6. The number of hydrogen-bond donors (Lipinski definition) is 2. The lowest BCUT2D eigenvalue weighted by Crippen LogP contribution is -2.39. The van der Waals surface area contributed by atoms with Gasteiger partial charge in [-0.3, -0.25) is 4.79 Å². The van der Waals surface area contributed by atoms with E-state index in [1.165, 1.54) is 6.33 Å². The standard InChI is InChI=1S/C13H16N6O2/c14-10-11(18-5-1-3-9(7-18)13(20)21)15-8-16-12(10)19-6-2-4-17-19/h2,4,6,8-9H,1,3,5,7,14H2,(H,20,21)/t9-/m0/s1. The highest BCUT2D eigenvalue weighted by atomic mass is 16.4. The van der Waals surface area contributed by atoms with Gasteiger partial charge in [-0.2, -0.15) is 5.10 Å². The van der Waals surface area contributed by atoms with Gasteiger partial charge in [-0.05, 0) is 18.9 Å². The molecular formula is C13H16N6O2. The first-order chi connectivity index (χ1) is 10.2. The largest absolute Gasteiger partial charge is 0.481 e. The Bertz CT molecular complexity index is 642. The van der Waals surface area contributed by atoms with Crippen LogP contribution >= 0.6 is 0 Å². The van der Waals surface area contributed by atoms with Gasteiger partial charge < -0.3 is 15.7 Å². The number of nitrogen functional groups attached to an aromatic ring is 1. The number of carboxylic acids is 1. The maximum atomic E-state index is 11.2. The zero-order valence-corrected chi connectivity index (χ0v) is 11.4. The molecule has 3 rings (SSSR count). The highest BCUT2D eigenvalue weighted by Crippen LogP contribution is 2.28. The van der Waals surface area contributed by atoms with E-state index in [0.29, 0.717) is 30.3 Å². The van der Waals surface area contributed by atoms with Gasteiger partial charge in [0.2, 0.25) is 0 Å². The van der Waals surface area contributed by atoms with Gasteiger partial charge in [0.1, 0.15) is 12.0 Å². The van der Waals surface area contributed by atoms with E-state index in [1.807, 2.05) is 4.90 Å². The Morgan fingerprint density at radius 2 is 2.19 bits per heavy atom. The lowest BCUT2D eigenvalue weighted by Gasteiger charge is -2.32. The van der Waals surface area contributed by atoms with Crippen molar-refractivity contribution < 1.29 is 9.90 Å². The van der Waals surface area contributed by atoms with Crippen LogP contribution in [0.3, 0.4) is 0 Å². The van der Waals surface area contributed by atoms with Gasteiger partial charge in [0.05, 0.1) is 5.92 Å². The second-order valence-electron chi connectivity index (χ2n) is 5.01. The maximum absolute atomic E-state index is 11.2. The number of rotatable bonds is 3. The fourth-order valence-electron chi connectivity index (χ4n) is 2.58. The Kier molecular flexibility index (Phi) is 3.43. The minimum Gasteiger partial charge on any atom is -0.481 e. The summed E-state index contributed by atoms with van der Waals surface area (Å²) in [5, 5.41) is 13.3. The summed E-state index contributed by atoms with van der Waals surface area (Å²) in [6.45, 7) is 1.15. The number of nitrogens with two attached hydrogens (primary N) is 1. The maximum Gasteiger partial charge on any atom is 0.308 e. The molecule has 2 aromatic heterocycles. The molecule has 0 aromatic carbocycles. The monoisotopic (exact) mass is 288 g/mol. The number of aromatic nitrogens is 4. The zero-order valence-electron chi connectivity index (χ0n) is 11.4. The predicted octanol–water partition coefficient (Wildman–Crippen LogP) is 0.545. The van der Waals surface area contributed by atoms with Crippen molar-refractivity contribution in [2.75, 3.05) is 23.7 Å². The van der Waals surface area contributed by atoms with Crippen LogP contribution in [0.25, 0.3) is 5.82 Å². The van der Waals surface area contributed by atoms with Crippen molar-refractivity contribution in [3.05, 3.63) is 24.8 Å². The number of carbonyl (C=O) groups is 1. The van der Waals surface area contributed by atoms with E-state index in [9.17, 15) is 9.90 Å². The topological polar surface area (TPSA) is 110 Å². The molecule has 3 N–H and O–H groups in total. The molecule has 1 aliphatic rings. The molecule has 8 nitrogen and oxygen atoms in total. The Hall–Kier alpha value is -2.64. The quantitative estimate of drug-likeness (QED) is 0.848. The van der Waals surface area contributed by atoms with Gasteiger partial charge in [-0.25, -0.2) is 14.6 Å². The van der Waals surface area contributed by atoms with Crippen molar-refractivity contribution in [3.63, 3.8) is 0 Å². The van der Waals surface area contributed by atoms with Gasteiger partial charge in [0, 0.05) is 25.5 Å². The number of nitrogens with zero attached hydrogens (tertiary/aromatic N) is 5. The highest BCUT2D eigenvalue weighted by Gasteiger charge is 2.27. The minimum atomic E-state index is -0.778. The van der Waals surface area contributed by atoms with Gasteiger partial charge in [-0.15, -0.1) is 0 Å². The van der Waals surface area contributed by atoms with E-state index in [2.05, 4.69) is 15.1 Å². The summed E-state index contributed by atoms with van der Waals surface area (Å²) in [6.07, 6.45) is 6.30. The van der Waals surface area contributed by atoms with Crippen LogP contribution in [0.5, 0.6) is 0 Å². The first kappa shape index (κ1) is 13.3. The van der Waals surface area contributed by atoms with Crippen LogP contribution in [-0.2, 0) is 4.79 Å². The number of carboxylic acid groups (broad SMARTS) is 1. The van der Waals surface area contributed by atoms with E-state index in [0.717, 1.165) is 13.0 Å². The third-order valence-electron chi connectivity index (χ3n) is 3.63. The average Bonchev–Trinajstić information content (AvgIpc) is 3.01. The van der Waals surface area contributed by atoms with Gasteiger partial charge in [-0.1, -0.05) is 0 Å². The molecule has 110 valence electrons. The average molecular weight is 288 g/mol. The second-order valence-corrected chi connectivity index (χ2v) is 5.01. The summed E-state index contributed by atoms with van der Waals surface area (Å²) in [7, 11) is 0. The molecule has 8 heteroatoms. The molecule has 1 aliphatic heterocycles. The molecule has 2 aromatic rings. The third-order valence-corrected chi connectivity index (χ3v) is 3.63. The molecule has 21 heavy (non-hydrogen) atoms. The summed E-state index contributed by atoms with van der Waals surface area (Å²) >= 11 is 0. The van der Waals surface area contributed by atoms with Crippen molar-refractivity contribution in [1.29, 1.82) is 0 Å². The van der Waals surface area contributed by atoms with Crippen LogP contribution in [0.4, 0.5) is 11.5 Å². The van der Waals surface area contributed by atoms with Crippen molar-refractivity contribution in [3.8, 4) is 5.82 Å². The molecule has 1 atom stereocenters. The summed E-state index contributed by atoms with van der Waals surface area (Å²) < 4.78 is 1.57. The van der Waals surface area contributed by atoms with Crippen LogP contribution in [-0.4, -0.2) is 43.9 Å². The third kappa shape index (κ3) is 2.51. The van der Waals surface area contributed by atoms with Crippen LogP contribution in [0, 0.1) is 5.92 Å². The summed E-state index contributed by atoms with van der Waals surface area (Å²) in [4.78, 5) is 21.4. The van der Waals surface area contributed by atoms with Gasteiger partial charge in [0.25, 0.3) is 0 Å². The van der Waals surface area contributed by atoms with E-state index in [-0.39, 0.29) is 5.92 Å². The van der Waals surface area contributed by atoms with Crippen LogP contribution < -0.4 is 10.6 Å². The molecule has 0 unspecified atom stereocenters. The Labute approximate surface area is 121 Å². The molecule has 0 aliphatic carbocycles. The SMILES string of the molecule is Nc1c(N2CCC[C@H](C(=O)O)C2)ncnc1-n1cccn1. The van der Waals surface area contributed by atoms with E-state index in [4.69, 9.17) is 5.73 Å². The lowest BCUT2D eigenvalue weighted by molar-refractivity contribution is -0.141. The number of piperidine rings is 1. The molecule has 1 fully saturated rings. The van der Waals surface area contributed by atoms with Crippen LogP contribution in [0.15, 0.2) is 24.8 Å². The number of anilines is 2. The molecule has 0 amide bonds. The molecule has 0 spiro atoms. The molecule has 0 saturated carbocycles. The van der Waals surface area contributed by atoms with Gasteiger partial charge in [0.15, 0.2) is 11.6 Å². The Morgan fingerprint density at radius 3 is 2.90 bits per heavy atom. The fourth-order valence-corrected chi connectivity index (χ4v) is 2.58. The predicted molar refractivity (Wildman–Crippen MR) is 76.1 cm³/mol. The lowest BCUT2D eigenvalue weighted by atomic mass is 9.98. The highest BCUT2D eigenvalue weighted by molar-refractivity contribution is 5.74.